The summed E-state index contributed by atoms with van der Waals surface area (Å²) in [5.41, 5.74) is -0.0446. The van der Waals surface area contributed by atoms with Crippen LogP contribution in [0.5, 0.6) is 11.5 Å². The minimum absolute atomic E-state index is 0.0394. The van der Waals surface area contributed by atoms with Crippen molar-refractivity contribution in [1.82, 2.24) is 5.32 Å². The molecule has 0 spiro atoms. The van der Waals surface area contributed by atoms with Crippen molar-refractivity contribution in [3.05, 3.63) is 57.6 Å². The molecule has 0 aliphatic carbocycles. The fourth-order valence-corrected chi connectivity index (χ4v) is 3.11. The van der Waals surface area contributed by atoms with E-state index in [1.807, 2.05) is 6.92 Å². The Hall–Kier alpha value is -3.03. The van der Waals surface area contributed by atoms with Gasteiger partial charge in [0.25, 0.3) is 11.8 Å². The number of hydrogen-bond acceptors (Lipinski definition) is 5. The molecule has 9 heteroatoms. The first-order valence-corrected chi connectivity index (χ1v) is 8.89. The summed E-state index contributed by atoms with van der Waals surface area (Å²) in [5, 5.41) is 12.3. The zero-order valence-electron chi connectivity index (χ0n) is 14.5. The number of amides is 4. The molecule has 144 valence electrons. The van der Waals surface area contributed by atoms with E-state index in [2.05, 4.69) is 5.32 Å². The van der Waals surface area contributed by atoms with Gasteiger partial charge in [-0.05, 0) is 49.4 Å². The van der Waals surface area contributed by atoms with Gasteiger partial charge in [0.1, 0.15) is 17.1 Å². The smallest absolute Gasteiger partial charge is 0.335 e. The number of anilines is 1. The normalized spacial score (nSPS) is 15.8. The number of phenolic OH excluding ortho intramolecular Hbond substituents is 1. The van der Waals surface area contributed by atoms with Crippen molar-refractivity contribution in [2.75, 3.05) is 11.5 Å². The number of benzene rings is 2. The van der Waals surface area contributed by atoms with Crippen molar-refractivity contribution in [3.63, 3.8) is 0 Å². The van der Waals surface area contributed by atoms with Gasteiger partial charge in [-0.1, -0.05) is 23.2 Å². The molecule has 1 aliphatic rings. The number of hydrogen-bond donors (Lipinski definition) is 2. The SMILES string of the molecule is CCOc1ccc(N2C(=O)NC(=O)/C(=C\c3cc(Cl)cc(Cl)c3O)C2=O)cc1. The van der Waals surface area contributed by atoms with Crippen LogP contribution < -0.4 is 15.0 Å². The van der Waals surface area contributed by atoms with E-state index < -0.39 is 17.8 Å². The number of carbonyl (C=O) groups is 3. The van der Waals surface area contributed by atoms with Crippen LogP contribution in [0.1, 0.15) is 12.5 Å². The van der Waals surface area contributed by atoms with Crippen molar-refractivity contribution in [1.29, 1.82) is 0 Å². The van der Waals surface area contributed by atoms with Gasteiger partial charge < -0.3 is 9.84 Å². The highest BCUT2D eigenvalue weighted by Gasteiger charge is 2.37. The number of halogens is 2. The van der Waals surface area contributed by atoms with Gasteiger partial charge in [-0.2, -0.15) is 0 Å². The molecule has 1 saturated heterocycles. The first kappa shape index (κ1) is 19.7. The molecule has 2 aromatic carbocycles. The molecule has 1 fully saturated rings. The van der Waals surface area contributed by atoms with Crippen LogP contribution in [0.3, 0.4) is 0 Å². The molecule has 0 unspecified atom stereocenters. The largest absolute Gasteiger partial charge is 0.506 e. The summed E-state index contributed by atoms with van der Waals surface area (Å²) in [4.78, 5) is 38.1. The predicted octanol–water partition coefficient (Wildman–Crippen LogP) is 3.76. The van der Waals surface area contributed by atoms with E-state index in [1.54, 1.807) is 12.1 Å². The van der Waals surface area contributed by atoms with Gasteiger partial charge >= 0.3 is 6.03 Å². The lowest BCUT2D eigenvalue weighted by Crippen LogP contribution is -2.54. The van der Waals surface area contributed by atoms with Gasteiger partial charge in [0.15, 0.2) is 0 Å². The van der Waals surface area contributed by atoms with Gasteiger partial charge in [0.05, 0.1) is 17.3 Å². The van der Waals surface area contributed by atoms with E-state index in [0.717, 1.165) is 11.0 Å². The van der Waals surface area contributed by atoms with Crippen LogP contribution in [0.4, 0.5) is 10.5 Å². The van der Waals surface area contributed by atoms with Gasteiger partial charge in [0, 0.05) is 10.6 Å². The van der Waals surface area contributed by atoms with E-state index in [1.165, 1.54) is 24.3 Å². The maximum Gasteiger partial charge on any atom is 0.335 e. The molecule has 2 aromatic rings. The second kappa shape index (κ2) is 7.92. The summed E-state index contributed by atoms with van der Waals surface area (Å²) >= 11 is 11.8. The maximum atomic E-state index is 12.8. The van der Waals surface area contributed by atoms with Crippen LogP contribution in [-0.4, -0.2) is 29.6 Å². The quantitative estimate of drug-likeness (QED) is 0.579. The third-order valence-electron chi connectivity index (χ3n) is 3.87. The van der Waals surface area contributed by atoms with Crippen molar-refractivity contribution in [2.24, 2.45) is 0 Å². The third-order valence-corrected chi connectivity index (χ3v) is 4.37. The third kappa shape index (κ3) is 3.81. The zero-order valence-corrected chi connectivity index (χ0v) is 16.0. The van der Waals surface area contributed by atoms with E-state index >= 15 is 0 Å². The molecule has 0 radical (unpaired) electrons. The van der Waals surface area contributed by atoms with Crippen molar-refractivity contribution in [3.8, 4) is 11.5 Å². The second-order valence-electron chi connectivity index (χ2n) is 5.71. The average molecular weight is 421 g/mol. The average Bonchev–Trinajstić information content (AvgIpc) is 2.64. The van der Waals surface area contributed by atoms with Crippen LogP contribution in [0.2, 0.25) is 10.0 Å². The molecule has 7 nitrogen and oxygen atoms in total. The molecular weight excluding hydrogens is 407 g/mol. The minimum Gasteiger partial charge on any atom is -0.506 e. The fourth-order valence-electron chi connectivity index (χ4n) is 2.60. The molecule has 2 N–H and O–H groups in total. The van der Waals surface area contributed by atoms with Gasteiger partial charge in [-0.25, -0.2) is 9.69 Å². The van der Waals surface area contributed by atoms with Gasteiger partial charge in [0.2, 0.25) is 0 Å². The molecule has 0 bridgehead atoms. The summed E-state index contributed by atoms with van der Waals surface area (Å²) < 4.78 is 5.33. The lowest BCUT2D eigenvalue weighted by Gasteiger charge is -2.26. The number of nitrogens with zero attached hydrogens (tertiary/aromatic N) is 1. The number of urea groups is 1. The number of barbiturate groups is 1. The Morgan fingerprint density at radius 2 is 1.82 bits per heavy atom. The molecule has 28 heavy (non-hydrogen) atoms. The summed E-state index contributed by atoms with van der Waals surface area (Å²) in [6, 6.07) is 8.01. The number of phenols is 1. The molecule has 0 atom stereocenters. The van der Waals surface area contributed by atoms with E-state index in [9.17, 15) is 19.5 Å². The Kier molecular flexibility index (Phi) is 5.58. The Labute approximate surface area is 170 Å². The minimum atomic E-state index is -0.896. The van der Waals surface area contributed by atoms with E-state index in [0.29, 0.717) is 12.4 Å². The molecule has 1 heterocycles. The number of rotatable bonds is 4. The number of aromatic hydroxyl groups is 1. The predicted molar refractivity (Wildman–Crippen MR) is 105 cm³/mol. The molecular formula is C19H14Cl2N2O5. The van der Waals surface area contributed by atoms with Gasteiger partial charge in [-0.3, -0.25) is 14.9 Å². The van der Waals surface area contributed by atoms with Gasteiger partial charge in [-0.15, -0.1) is 0 Å². The van der Waals surface area contributed by atoms with E-state index in [4.69, 9.17) is 27.9 Å². The first-order chi connectivity index (χ1) is 13.3. The topological polar surface area (TPSA) is 95.9 Å². The highest BCUT2D eigenvalue weighted by atomic mass is 35.5. The summed E-state index contributed by atoms with van der Waals surface area (Å²) in [7, 11) is 0. The molecule has 0 saturated carbocycles. The van der Waals surface area contributed by atoms with E-state index in [-0.39, 0.29) is 32.6 Å². The van der Waals surface area contributed by atoms with Crippen LogP contribution in [0, 0.1) is 0 Å². The van der Waals surface area contributed by atoms with Crippen LogP contribution >= 0.6 is 23.2 Å². The van der Waals surface area contributed by atoms with Crippen molar-refractivity contribution < 1.29 is 24.2 Å². The Morgan fingerprint density at radius 3 is 2.46 bits per heavy atom. The Balaban J connectivity index is 2.01. The summed E-state index contributed by atoms with van der Waals surface area (Å²) in [6.07, 6.45) is 1.12. The zero-order chi connectivity index (χ0) is 20.4. The number of nitrogens with one attached hydrogen (secondary N) is 1. The standard InChI is InChI=1S/C19H14Cl2N2O5/c1-2-28-13-5-3-12(4-6-13)23-18(26)14(17(25)22-19(23)27)8-10-7-11(20)9-15(21)16(10)24/h3-9,24H,2H2,1H3,(H,22,25,27)/b14-8+. The second-order valence-corrected chi connectivity index (χ2v) is 6.55. The number of ether oxygens (including phenoxy) is 1. The highest BCUT2D eigenvalue weighted by molar-refractivity contribution is 6.39. The number of imide groups is 2. The summed E-state index contributed by atoms with van der Waals surface area (Å²) in [5.74, 6) is -1.52. The van der Waals surface area contributed by atoms with Crippen LogP contribution in [-0.2, 0) is 9.59 Å². The van der Waals surface area contributed by atoms with Crippen LogP contribution in [0.15, 0.2) is 42.0 Å². The lowest BCUT2D eigenvalue weighted by atomic mass is 10.1. The highest BCUT2D eigenvalue weighted by Crippen LogP contribution is 2.33. The lowest BCUT2D eigenvalue weighted by molar-refractivity contribution is -0.122. The molecule has 1 aliphatic heterocycles. The summed E-state index contributed by atoms with van der Waals surface area (Å²) in [6.45, 7) is 2.30. The fraction of sp³-hybridized carbons (Fsp3) is 0.105. The van der Waals surface area contributed by atoms with Crippen molar-refractivity contribution in [2.45, 2.75) is 6.92 Å². The first-order valence-electron chi connectivity index (χ1n) is 8.14. The van der Waals surface area contributed by atoms with Crippen molar-refractivity contribution >= 4 is 52.8 Å². The Bertz CT molecular complexity index is 1000. The molecule has 3 rings (SSSR count). The van der Waals surface area contributed by atoms with Crippen LogP contribution in [0.25, 0.3) is 6.08 Å². The molecule has 0 aromatic heterocycles. The maximum absolute atomic E-state index is 12.8. The molecule has 4 amide bonds. The number of carbonyl (C=O) groups excluding carboxylic acids is 3. The Morgan fingerprint density at radius 1 is 1.14 bits per heavy atom. The monoisotopic (exact) mass is 420 g/mol.